The molecule has 0 aliphatic heterocycles. The minimum absolute atomic E-state index is 0.553. The zero-order valence-electron chi connectivity index (χ0n) is 25.5. The number of hydrogen-bond acceptors (Lipinski definition) is 4. The van der Waals surface area contributed by atoms with Crippen LogP contribution in [0, 0.1) is 11.3 Å². The van der Waals surface area contributed by atoms with Gasteiger partial charge in [0.2, 0.25) is 0 Å². The molecule has 2 fully saturated rings. The van der Waals surface area contributed by atoms with E-state index in [1.807, 2.05) is 90.3 Å². The summed E-state index contributed by atoms with van der Waals surface area (Å²) in [5.41, 5.74) is 13.3. The number of nitrogens with zero attached hydrogens (tertiary/aromatic N) is 3. The molecule has 4 nitrogen and oxygen atoms in total. The topological polar surface area (TPSA) is 54.0 Å². The molecular weight excluding hydrogens is 464 g/mol. The summed E-state index contributed by atoms with van der Waals surface area (Å²) in [6, 6.07) is 8.76. The summed E-state index contributed by atoms with van der Waals surface area (Å²) in [5.74, 6) is 0.998. The van der Waals surface area contributed by atoms with E-state index in [9.17, 15) is 0 Å². The van der Waals surface area contributed by atoms with Crippen molar-refractivity contribution in [2.75, 3.05) is 21.1 Å². The monoisotopic (exact) mass is 516 g/mol. The summed E-state index contributed by atoms with van der Waals surface area (Å²) in [6.45, 7) is 20.4. The maximum atomic E-state index is 5.71. The highest BCUT2D eigenvalue weighted by atomic mass is 15.0. The molecule has 0 unspecified atom stereocenters. The average molecular weight is 517 g/mol. The smallest absolute Gasteiger partial charge is 0.0633 e. The van der Waals surface area contributed by atoms with Crippen LogP contribution in [0.3, 0.4) is 0 Å². The maximum Gasteiger partial charge on any atom is 0.0633 e. The zero-order valence-corrected chi connectivity index (χ0v) is 25.5. The average Bonchev–Trinajstić information content (AvgIpc) is 2.86. The minimum atomic E-state index is 0.553. The first-order chi connectivity index (χ1) is 18.1. The van der Waals surface area contributed by atoms with Crippen LogP contribution >= 0.6 is 0 Å². The second kappa shape index (κ2) is 16.1. The van der Waals surface area contributed by atoms with Crippen LogP contribution in [0.1, 0.15) is 78.4 Å². The quantitative estimate of drug-likeness (QED) is 0.279. The molecule has 0 saturated heterocycles. The Kier molecular flexibility index (Phi) is 14.0. The summed E-state index contributed by atoms with van der Waals surface area (Å²) >= 11 is 0. The van der Waals surface area contributed by atoms with Crippen LogP contribution in [0.15, 0.2) is 83.0 Å². The molecule has 1 spiro atoms. The highest BCUT2D eigenvalue weighted by molar-refractivity contribution is 6.10. The van der Waals surface area contributed by atoms with Gasteiger partial charge in [0.05, 0.1) is 5.70 Å². The molecule has 38 heavy (non-hydrogen) atoms. The third-order valence-corrected chi connectivity index (χ3v) is 6.97. The van der Waals surface area contributed by atoms with E-state index in [0.717, 1.165) is 50.6 Å². The van der Waals surface area contributed by atoms with Gasteiger partial charge in [-0.3, -0.25) is 9.98 Å². The van der Waals surface area contributed by atoms with E-state index >= 15 is 0 Å². The fourth-order valence-electron chi connectivity index (χ4n) is 5.56. The van der Waals surface area contributed by atoms with Crippen molar-refractivity contribution in [3.05, 3.63) is 84.1 Å². The molecule has 0 bridgehead atoms. The highest BCUT2D eigenvalue weighted by Gasteiger charge is 2.49. The Morgan fingerprint density at radius 1 is 1.08 bits per heavy atom. The molecule has 1 aromatic rings. The van der Waals surface area contributed by atoms with Gasteiger partial charge in [0, 0.05) is 50.9 Å². The van der Waals surface area contributed by atoms with Crippen LogP contribution in [-0.4, -0.2) is 44.0 Å². The lowest BCUT2D eigenvalue weighted by molar-refractivity contribution is -0.0313. The van der Waals surface area contributed by atoms with Crippen molar-refractivity contribution in [1.82, 2.24) is 4.90 Å². The number of rotatable bonds is 8. The molecule has 2 aliphatic carbocycles. The van der Waals surface area contributed by atoms with Crippen molar-refractivity contribution in [1.29, 1.82) is 0 Å². The van der Waals surface area contributed by atoms with E-state index in [0.29, 0.717) is 6.04 Å². The molecule has 2 saturated carbocycles. The summed E-state index contributed by atoms with van der Waals surface area (Å²) in [6.07, 6.45) is 15.4. The summed E-state index contributed by atoms with van der Waals surface area (Å²) < 4.78 is 0. The molecular formula is C34H52N4. The second-order valence-corrected chi connectivity index (χ2v) is 10.5. The lowest BCUT2D eigenvalue weighted by Gasteiger charge is -2.56. The van der Waals surface area contributed by atoms with Crippen molar-refractivity contribution >= 4 is 23.2 Å². The van der Waals surface area contributed by atoms with Crippen molar-refractivity contribution < 1.29 is 0 Å². The van der Waals surface area contributed by atoms with E-state index in [2.05, 4.69) is 43.3 Å². The van der Waals surface area contributed by atoms with E-state index < -0.39 is 0 Å². The zero-order chi connectivity index (χ0) is 28.9. The van der Waals surface area contributed by atoms with Gasteiger partial charge in [-0.2, -0.15) is 0 Å². The van der Waals surface area contributed by atoms with Crippen LogP contribution in [0.2, 0.25) is 0 Å². The second-order valence-electron chi connectivity index (χ2n) is 10.5. The first-order valence-electron chi connectivity index (χ1n) is 13.9. The number of aliphatic imine (C=N–C) groups is 2. The van der Waals surface area contributed by atoms with Gasteiger partial charge >= 0.3 is 0 Å². The van der Waals surface area contributed by atoms with Gasteiger partial charge in [0.1, 0.15) is 0 Å². The predicted octanol–water partition coefficient (Wildman–Crippen LogP) is 8.35. The first-order valence-corrected chi connectivity index (χ1v) is 13.9. The molecule has 0 amide bonds. The third-order valence-electron chi connectivity index (χ3n) is 6.97. The third kappa shape index (κ3) is 9.40. The Morgan fingerprint density at radius 2 is 1.68 bits per heavy atom. The van der Waals surface area contributed by atoms with Gasteiger partial charge < -0.3 is 10.6 Å². The van der Waals surface area contributed by atoms with E-state index in [-0.39, 0.29) is 0 Å². The molecule has 0 heterocycles. The maximum absolute atomic E-state index is 5.71. The van der Waals surface area contributed by atoms with Crippen molar-refractivity contribution in [3.8, 4) is 0 Å². The first kappa shape index (κ1) is 33.0. The fraction of sp³-hybridized carbons (Fsp3) is 0.471. The lowest BCUT2D eigenvalue weighted by atomic mass is 9.51. The van der Waals surface area contributed by atoms with Gasteiger partial charge in [-0.15, -0.1) is 0 Å². The predicted molar refractivity (Wildman–Crippen MR) is 172 cm³/mol. The van der Waals surface area contributed by atoms with Crippen LogP contribution in [0.25, 0.3) is 11.3 Å². The summed E-state index contributed by atoms with van der Waals surface area (Å²) in [5, 5.41) is 0. The highest BCUT2D eigenvalue weighted by Crippen LogP contribution is 2.57. The standard InChI is InChI=1S/C24H31N3.C8H15N.C2H6/c1-9-20(16-25-6)24(11-3)19(5)26-18(4)22-13-12-14-23(15-22)21(10-2)17-27(7)8;1-6-2-8(3-6)4-7(9)5-8;1-2/h9-17H,2,4H2,1,3,5-8H3;6-7H,2-5,9H2,1H3;1-2H3/b20-9+,21-17+,24-11+,25-16?,26-19?;;. The van der Waals surface area contributed by atoms with Crippen molar-refractivity contribution in [3.63, 3.8) is 0 Å². The van der Waals surface area contributed by atoms with Crippen molar-refractivity contribution in [2.24, 2.45) is 27.1 Å². The van der Waals surface area contributed by atoms with Crippen LogP contribution in [-0.2, 0) is 0 Å². The molecule has 2 aliphatic rings. The van der Waals surface area contributed by atoms with Gasteiger partial charge in [0.15, 0.2) is 0 Å². The van der Waals surface area contributed by atoms with Gasteiger partial charge in [-0.05, 0) is 86.1 Å². The summed E-state index contributed by atoms with van der Waals surface area (Å²) in [4.78, 5) is 10.9. The normalized spacial score (nSPS) is 23.4. The summed E-state index contributed by atoms with van der Waals surface area (Å²) in [7, 11) is 5.76. The molecule has 0 radical (unpaired) electrons. The van der Waals surface area contributed by atoms with Crippen LogP contribution in [0.4, 0.5) is 0 Å². The molecule has 208 valence electrons. The Labute approximate surface area is 233 Å². The van der Waals surface area contributed by atoms with Gasteiger partial charge in [-0.25, -0.2) is 0 Å². The Balaban J connectivity index is 0.000000537. The number of allylic oxidation sites excluding steroid dienone is 6. The number of hydrogen-bond donors (Lipinski definition) is 1. The minimum Gasteiger partial charge on any atom is -0.383 e. The fourth-order valence-corrected chi connectivity index (χ4v) is 5.56. The number of benzene rings is 1. The molecule has 3 rings (SSSR count). The number of nitrogens with two attached hydrogens (primary N) is 1. The molecule has 1 aromatic carbocycles. The molecule has 4 heteroatoms. The Morgan fingerprint density at radius 3 is 2.13 bits per heavy atom. The SMILES string of the molecule is C=C/C(=C\N(C)C)c1cccc(C(=C)N=C(C)C(=C\C)/C(C=NC)=C/C)c1.CC.CC1CC2(C1)CC(N)C2. The Hall–Kier alpha value is -2.98. The largest absolute Gasteiger partial charge is 0.383 e. The molecule has 0 atom stereocenters. The van der Waals surface area contributed by atoms with Gasteiger partial charge in [-0.1, -0.05) is 70.4 Å². The molecule has 0 aromatic heterocycles. The molecule has 2 N–H and O–H groups in total. The lowest BCUT2D eigenvalue weighted by Crippen LogP contribution is -2.52. The van der Waals surface area contributed by atoms with E-state index in [4.69, 9.17) is 10.7 Å². The van der Waals surface area contributed by atoms with E-state index in [1.54, 1.807) is 7.05 Å². The Bertz CT molecular complexity index is 1050. The van der Waals surface area contributed by atoms with Crippen LogP contribution < -0.4 is 5.73 Å². The van der Waals surface area contributed by atoms with Crippen LogP contribution in [0.5, 0.6) is 0 Å². The van der Waals surface area contributed by atoms with Gasteiger partial charge in [0.25, 0.3) is 0 Å². The van der Waals surface area contributed by atoms with Crippen molar-refractivity contribution in [2.45, 2.75) is 73.3 Å². The van der Waals surface area contributed by atoms with E-state index in [1.165, 1.54) is 25.7 Å².